The van der Waals surface area contributed by atoms with Crippen molar-refractivity contribution in [2.24, 2.45) is 0 Å². The van der Waals surface area contributed by atoms with Gasteiger partial charge >= 0.3 is 0 Å². The molecule has 0 aliphatic heterocycles. The van der Waals surface area contributed by atoms with E-state index in [0.717, 1.165) is 5.56 Å². The lowest BCUT2D eigenvalue weighted by atomic mass is 9.92. The molecule has 0 saturated carbocycles. The number of benzene rings is 2. The number of aliphatic hydroxyl groups excluding tert-OH is 1. The second-order valence-corrected chi connectivity index (χ2v) is 5.27. The molecule has 2 aromatic carbocycles. The van der Waals surface area contributed by atoms with Gasteiger partial charge in [0.1, 0.15) is 5.82 Å². The zero-order valence-corrected chi connectivity index (χ0v) is 12.1. The van der Waals surface area contributed by atoms with Crippen LogP contribution in [0, 0.1) is 12.7 Å². The van der Waals surface area contributed by atoms with E-state index in [4.69, 9.17) is 0 Å². The molecule has 110 valence electrons. The van der Waals surface area contributed by atoms with Crippen LogP contribution in [-0.2, 0) is 5.54 Å². The Kier molecular flexibility index (Phi) is 4.38. The Morgan fingerprint density at radius 3 is 2.48 bits per heavy atom. The van der Waals surface area contributed by atoms with Crippen molar-refractivity contribution in [3.8, 4) is 0 Å². The Balaban J connectivity index is 2.28. The Bertz CT molecular complexity index is 642. The maximum absolute atomic E-state index is 13.1. The van der Waals surface area contributed by atoms with Gasteiger partial charge in [0, 0.05) is 5.56 Å². The van der Waals surface area contributed by atoms with Crippen LogP contribution in [0.2, 0.25) is 0 Å². The van der Waals surface area contributed by atoms with Crippen LogP contribution in [0.25, 0.3) is 0 Å². The maximum atomic E-state index is 13.1. The molecular formula is C17H18FNO2. The molecule has 2 N–H and O–H groups in total. The van der Waals surface area contributed by atoms with E-state index < -0.39 is 5.54 Å². The highest BCUT2D eigenvalue weighted by Gasteiger charge is 2.28. The molecule has 0 bridgehead atoms. The number of hydrogen-bond acceptors (Lipinski definition) is 2. The predicted octanol–water partition coefficient (Wildman–Crippen LogP) is 2.77. The van der Waals surface area contributed by atoms with E-state index in [1.54, 1.807) is 13.8 Å². The first kappa shape index (κ1) is 15.2. The maximum Gasteiger partial charge on any atom is 0.252 e. The molecule has 2 rings (SSSR count). The highest BCUT2D eigenvalue weighted by molar-refractivity contribution is 5.96. The summed E-state index contributed by atoms with van der Waals surface area (Å²) < 4.78 is 13.1. The van der Waals surface area contributed by atoms with Gasteiger partial charge < -0.3 is 10.4 Å². The van der Waals surface area contributed by atoms with Gasteiger partial charge in [-0.15, -0.1) is 0 Å². The molecule has 0 aliphatic carbocycles. The van der Waals surface area contributed by atoms with Crippen molar-refractivity contribution in [3.05, 3.63) is 71.0 Å². The van der Waals surface area contributed by atoms with E-state index in [1.165, 1.54) is 18.2 Å². The van der Waals surface area contributed by atoms with E-state index in [9.17, 15) is 14.3 Å². The van der Waals surface area contributed by atoms with Gasteiger partial charge in [0.2, 0.25) is 0 Å². The minimum atomic E-state index is -0.890. The van der Waals surface area contributed by atoms with Gasteiger partial charge in [-0.3, -0.25) is 4.79 Å². The smallest absolute Gasteiger partial charge is 0.252 e. The Morgan fingerprint density at radius 1 is 1.24 bits per heavy atom. The van der Waals surface area contributed by atoms with Crippen molar-refractivity contribution < 1.29 is 14.3 Å². The van der Waals surface area contributed by atoms with E-state index in [2.05, 4.69) is 5.32 Å². The largest absolute Gasteiger partial charge is 0.394 e. The molecule has 2 aromatic rings. The highest BCUT2D eigenvalue weighted by atomic mass is 19.1. The summed E-state index contributed by atoms with van der Waals surface area (Å²) in [5.74, 6) is -0.718. The van der Waals surface area contributed by atoms with Crippen molar-refractivity contribution in [1.82, 2.24) is 5.32 Å². The van der Waals surface area contributed by atoms with Crippen LogP contribution in [0.15, 0.2) is 48.5 Å². The molecule has 1 atom stereocenters. The fraction of sp³-hybridized carbons (Fsp3) is 0.235. The Hall–Kier alpha value is -2.20. The molecule has 4 heteroatoms. The zero-order valence-electron chi connectivity index (χ0n) is 12.1. The minimum Gasteiger partial charge on any atom is -0.394 e. The molecule has 3 nitrogen and oxygen atoms in total. The van der Waals surface area contributed by atoms with Crippen LogP contribution in [0.5, 0.6) is 0 Å². The molecule has 0 heterocycles. The number of carbonyl (C=O) groups is 1. The minimum absolute atomic E-state index is 0.233. The summed E-state index contributed by atoms with van der Waals surface area (Å²) in [5, 5.41) is 12.5. The Labute approximate surface area is 123 Å². The molecule has 1 amide bonds. The first-order valence-corrected chi connectivity index (χ1v) is 6.71. The Morgan fingerprint density at radius 2 is 1.90 bits per heavy atom. The number of aryl methyl sites for hydroxylation is 1. The fourth-order valence-electron chi connectivity index (χ4n) is 2.21. The molecule has 0 radical (unpaired) electrons. The van der Waals surface area contributed by atoms with E-state index >= 15 is 0 Å². The first-order valence-electron chi connectivity index (χ1n) is 6.71. The number of amides is 1. The van der Waals surface area contributed by atoms with Crippen LogP contribution in [-0.4, -0.2) is 17.6 Å². The highest BCUT2D eigenvalue weighted by Crippen LogP contribution is 2.21. The summed E-state index contributed by atoms with van der Waals surface area (Å²) in [7, 11) is 0. The zero-order chi connectivity index (χ0) is 15.5. The molecule has 0 aliphatic rings. The van der Waals surface area contributed by atoms with Crippen LogP contribution in [0.4, 0.5) is 4.39 Å². The number of aliphatic hydroxyl groups is 1. The van der Waals surface area contributed by atoms with Gasteiger partial charge in [-0.2, -0.15) is 0 Å². The summed E-state index contributed by atoms with van der Waals surface area (Å²) >= 11 is 0. The third kappa shape index (κ3) is 3.28. The van der Waals surface area contributed by atoms with Gasteiger partial charge in [-0.1, -0.05) is 30.3 Å². The monoisotopic (exact) mass is 287 g/mol. The average Bonchev–Trinajstić information content (AvgIpc) is 2.47. The summed E-state index contributed by atoms with van der Waals surface area (Å²) in [5.41, 5.74) is 0.868. The second kappa shape index (κ2) is 6.06. The number of nitrogens with one attached hydrogen (secondary N) is 1. The van der Waals surface area contributed by atoms with Crippen molar-refractivity contribution in [2.45, 2.75) is 19.4 Å². The van der Waals surface area contributed by atoms with Crippen molar-refractivity contribution in [2.75, 3.05) is 6.61 Å². The lowest BCUT2D eigenvalue weighted by molar-refractivity contribution is 0.0849. The molecule has 0 saturated heterocycles. The topological polar surface area (TPSA) is 49.3 Å². The van der Waals surface area contributed by atoms with Crippen molar-refractivity contribution >= 4 is 5.91 Å². The van der Waals surface area contributed by atoms with Crippen LogP contribution in [0.1, 0.15) is 28.4 Å². The standard InChI is InChI=1S/C17H18FNO2/c1-12-10-14(18)8-9-15(12)16(21)19-17(2,11-20)13-6-4-3-5-7-13/h3-10,20H,11H2,1-2H3,(H,19,21). The normalized spacial score (nSPS) is 13.5. The van der Waals surface area contributed by atoms with Crippen LogP contribution in [0.3, 0.4) is 0 Å². The lowest BCUT2D eigenvalue weighted by Gasteiger charge is -2.29. The quantitative estimate of drug-likeness (QED) is 0.908. The number of carbonyl (C=O) groups excluding carboxylic acids is 1. The number of hydrogen-bond donors (Lipinski definition) is 2. The second-order valence-electron chi connectivity index (χ2n) is 5.27. The average molecular weight is 287 g/mol. The molecule has 0 fully saturated rings. The van der Waals surface area contributed by atoms with E-state index in [1.807, 2.05) is 30.3 Å². The van der Waals surface area contributed by atoms with Gasteiger partial charge in [0.25, 0.3) is 5.91 Å². The van der Waals surface area contributed by atoms with Gasteiger partial charge in [0.05, 0.1) is 12.1 Å². The van der Waals surface area contributed by atoms with Crippen molar-refractivity contribution in [3.63, 3.8) is 0 Å². The van der Waals surface area contributed by atoms with Gasteiger partial charge in [-0.25, -0.2) is 4.39 Å². The van der Waals surface area contributed by atoms with E-state index in [0.29, 0.717) is 11.1 Å². The first-order chi connectivity index (χ1) is 9.96. The summed E-state index contributed by atoms with van der Waals surface area (Å²) in [6.45, 7) is 3.19. The van der Waals surface area contributed by atoms with Gasteiger partial charge in [0.15, 0.2) is 0 Å². The summed E-state index contributed by atoms with van der Waals surface area (Å²) in [6.07, 6.45) is 0. The van der Waals surface area contributed by atoms with Crippen LogP contribution >= 0.6 is 0 Å². The van der Waals surface area contributed by atoms with Crippen molar-refractivity contribution in [1.29, 1.82) is 0 Å². The molecule has 21 heavy (non-hydrogen) atoms. The van der Waals surface area contributed by atoms with Gasteiger partial charge in [-0.05, 0) is 43.2 Å². The molecular weight excluding hydrogens is 269 g/mol. The molecule has 0 spiro atoms. The third-order valence-corrected chi connectivity index (χ3v) is 3.55. The molecule has 1 unspecified atom stereocenters. The number of rotatable bonds is 4. The van der Waals surface area contributed by atoms with Crippen LogP contribution < -0.4 is 5.32 Å². The third-order valence-electron chi connectivity index (χ3n) is 3.55. The SMILES string of the molecule is Cc1cc(F)ccc1C(=O)NC(C)(CO)c1ccccc1. The summed E-state index contributed by atoms with van der Waals surface area (Å²) in [6, 6.07) is 13.3. The predicted molar refractivity (Wildman–Crippen MR) is 79.5 cm³/mol. The fourth-order valence-corrected chi connectivity index (χ4v) is 2.21. The number of halogens is 1. The lowest BCUT2D eigenvalue weighted by Crippen LogP contribution is -2.46. The molecule has 0 aromatic heterocycles. The van der Waals surface area contributed by atoms with E-state index in [-0.39, 0.29) is 18.3 Å². The summed E-state index contributed by atoms with van der Waals surface area (Å²) in [4.78, 5) is 12.4.